The molecule has 0 atom stereocenters. The largest absolute Gasteiger partial charge is 0.363 e. The molecule has 126 valence electrons. The smallest absolute Gasteiger partial charge is 0.157 e. The number of hydrogen-bond donors (Lipinski definition) is 1. The van der Waals surface area contributed by atoms with Gasteiger partial charge in [0.05, 0.1) is 18.4 Å². The first-order valence-corrected chi connectivity index (χ1v) is 8.36. The van der Waals surface area contributed by atoms with Crippen LogP contribution in [0.2, 0.25) is 0 Å². The van der Waals surface area contributed by atoms with E-state index in [1.54, 1.807) is 17.0 Å². The Morgan fingerprint density at radius 1 is 1.12 bits per heavy atom. The normalized spacial score (nSPS) is 11.1. The number of rotatable bonds is 6. The highest BCUT2D eigenvalue weighted by Gasteiger charge is 2.10. The maximum atomic E-state index is 4.69. The molecule has 3 heterocycles. The molecule has 0 spiro atoms. The lowest BCUT2D eigenvalue weighted by molar-refractivity contribution is 0.643. The van der Waals surface area contributed by atoms with Gasteiger partial charge in [0.1, 0.15) is 12.1 Å². The number of anilines is 1. The van der Waals surface area contributed by atoms with Crippen molar-refractivity contribution in [3.8, 4) is 11.3 Å². The predicted octanol–water partition coefficient (Wildman–Crippen LogP) is 3.01. The van der Waals surface area contributed by atoms with E-state index in [4.69, 9.17) is 0 Å². The summed E-state index contributed by atoms with van der Waals surface area (Å²) < 4.78 is 3.86. The second-order valence-corrected chi connectivity index (χ2v) is 5.79. The van der Waals surface area contributed by atoms with Crippen LogP contribution in [0.15, 0.2) is 55.0 Å². The van der Waals surface area contributed by atoms with E-state index in [0.29, 0.717) is 6.54 Å². The highest BCUT2D eigenvalue weighted by molar-refractivity contribution is 5.66. The summed E-state index contributed by atoms with van der Waals surface area (Å²) in [5, 5.41) is 16.0. The molecule has 1 aromatic carbocycles. The van der Waals surface area contributed by atoms with E-state index >= 15 is 0 Å². The summed E-state index contributed by atoms with van der Waals surface area (Å²) in [7, 11) is 0. The molecule has 1 N–H and O–H groups in total. The minimum atomic E-state index is 0.577. The summed E-state index contributed by atoms with van der Waals surface area (Å²) in [6, 6.07) is 14.0. The Balaban J connectivity index is 1.66. The van der Waals surface area contributed by atoms with Gasteiger partial charge in [0, 0.05) is 24.2 Å². The van der Waals surface area contributed by atoms with Crippen molar-refractivity contribution >= 4 is 11.5 Å². The molecule has 25 heavy (non-hydrogen) atoms. The van der Waals surface area contributed by atoms with Crippen LogP contribution in [0.1, 0.15) is 19.2 Å². The van der Waals surface area contributed by atoms with Gasteiger partial charge in [-0.25, -0.2) is 4.98 Å². The van der Waals surface area contributed by atoms with Gasteiger partial charge in [-0.3, -0.25) is 0 Å². The molecule has 3 aromatic heterocycles. The lowest BCUT2D eigenvalue weighted by Crippen LogP contribution is -2.11. The third-order valence-electron chi connectivity index (χ3n) is 4.02. The summed E-state index contributed by atoms with van der Waals surface area (Å²) in [4.78, 5) is 4.69. The zero-order valence-corrected chi connectivity index (χ0v) is 14.0. The molecule has 0 aliphatic carbocycles. The number of benzene rings is 1. The molecule has 0 fully saturated rings. The Kier molecular flexibility index (Phi) is 4.12. The fraction of sp³-hybridized carbons (Fsp3) is 0.222. The van der Waals surface area contributed by atoms with Crippen molar-refractivity contribution in [1.29, 1.82) is 0 Å². The van der Waals surface area contributed by atoms with Gasteiger partial charge in [0.2, 0.25) is 0 Å². The molecule has 0 bridgehead atoms. The predicted molar refractivity (Wildman–Crippen MR) is 96.1 cm³/mol. The molecule has 0 aliphatic heterocycles. The van der Waals surface area contributed by atoms with Crippen molar-refractivity contribution in [2.45, 2.75) is 26.4 Å². The standard InChI is InChI=1S/C18H19N7/c1-2-10-24-13-20-23-18(24)12-19-17-11-15(14-6-4-3-5-7-14)22-16-8-9-21-25(16)17/h3-9,11,13,19H,2,10,12H2,1H3. The fourth-order valence-electron chi connectivity index (χ4n) is 2.81. The monoisotopic (exact) mass is 333 g/mol. The van der Waals surface area contributed by atoms with E-state index in [2.05, 4.69) is 49.2 Å². The maximum absolute atomic E-state index is 4.69. The Labute approximate surface area is 145 Å². The van der Waals surface area contributed by atoms with Gasteiger partial charge < -0.3 is 9.88 Å². The summed E-state index contributed by atoms with van der Waals surface area (Å²) in [5.41, 5.74) is 2.79. The van der Waals surface area contributed by atoms with Crippen LogP contribution in [0.4, 0.5) is 5.82 Å². The van der Waals surface area contributed by atoms with E-state index in [9.17, 15) is 0 Å². The zero-order valence-electron chi connectivity index (χ0n) is 14.0. The quantitative estimate of drug-likeness (QED) is 0.587. The molecule has 0 saturated carbocycles. The fourth-order valence-corrected chi connectivity index (χ4v) is 2.81. The van der Waals surface area contributed by atoms with Crippen molar-refractivity contribution in [2.75, 3.05) is 5.32 Å². The van der Waals surface area contributed by atoms with Crippen LogP contribution >= 0.6 is 0 Å². The van der Waals surface area contributed by atoms with Crippen molar-refractivity contribution in [3.05, 3.63) is 60.8 Å². The minimum absolute atomic E-state index is 0.577. The first kappa shape index (κ1) is 15.3. The van der Waals surface area contributed by atoms with E-state index < -0.39 is 0 Å². The van der Waals surface area contributed by atoms with Crippen LogP contribution in [-0.4, -0.2) is 29.4 Å². The summed E-state index contributed by atoms with van der Waals surface area (Å²) >= 11 is 0. The highest BCUT2D eigenvalue weighted by Crippen LogP contribution is 2.22. The molecular formula is C18H19N7. The molecule has 0 amide bonds. The van der Waals surface area contributed by atoms with Gasteiger partial charge in [-0.15, -0.1) is 10.2 Å². The topological polar surface area (TPSA) is 72.9 Å². The van der Waals surface area contributed by atoms with Crippen LogP contribution in [0.3, 0.4) is 0 Å². The van der Waals surface area contributed by atoms with Gasteiger partial charge in [0.15, 0.2) is 11.5 Å². The van der Waals surface area contributed by atoms with Crippen molar-refractivity contribution in [1.82, 2.24) is 29.4 Å². The molecule has 7 heteroatoms. The number of nitrogens with zero attached hydrogens (tertiary/aromatic N) is 6. The van der Waals surface area contributed by atoms with Gasteiger partial charge in [0.25, 0.3) is 0 Å². The average Bonchev–Trinajstić information content (AvgIpc) is 3.30. The molecule has 4 aromatic rings. The van der Waals surface area contributed by atoms with Crippen molar-refractivity contribution in [3.63, 3.8) is 0 Å². The number of nitrogens with one attached hydrogen (secondary N) is 1. The van der Waals surface area contributed by atoms with E-state index in [1.165, 1.54) is 0 Å². The van der Waals surface area contributed by atoms with Gasteiger partial charge >= 0.3 is 0 Å². The first-order valence-electron chi connectivity index (χ1n) is 8.36. The van der Waals surface area contributed by atoms with Crippen LogP contribution in [0.25, 0.3) is 16.9 Å². The average molecular weight is 333 g/mol. The summed E-state index contributed by atoms with van der Waals surface area (Å²) in [6.45, 7) is 3.62. The second-order valence-electron chi connectivity index (χ2n) is 5.79. The number of aryl methyl sites for hydroxylation is 1. The van der Waals surface area contributed by atoms with Crippen LogP contribution < -0.4 is 5.32 Å². The van der Waals surface area contributed by atoms with Crippen LogP contribution in [0.5, 0.6) is 0 Å². The summed E-state index contributed by atoms with van der Waals surface area (Å²) in [5.74, 6) is 1.78. The number of hydrogen-bond acceptors (Lipinski definition) is 5. The maximum Gasteiger partial charge on any atom is 0.157 e. The van der Waals surface area contributed by atoms with Crippen LogP contribution in [-0.2, 0) is 13.1 Å². The third-order valence-corrected chi connectivity index (χ3v) is 4.02. The lowest BCUT2D eigenvalue weighted by atomic mass is 10.1. The van der Waals surface area contributed by atoms with Gasteiger partial charge in [-0.2, -0.15) is 9.61 Å². The van der Waals surface area contributed by atoms with Crippen LogP contribution in [0, 0.1) is 0 Å². The van der Waals surface area contributed by atoms with Gasteiger partial charge in [-0.1, -0.05) is 37.3 Å². The van der Waals surface area contributed by atoms with Crippen molar-refractivity contribution in [2.24, 2.45) is 0 Å². The lowest BCUT2D eigenvalue weighted by Gasteiger charge is -2.11. The minimum Gasteiger partial charge on any atom is -0.363 e. The Hall–Kier alpha value is -3.22. The van der Waals surface area contributed by atoms with Gasteiger partial charge in [-0.05, 0) is 6.42 Å². The Bertz CT molecular complexity index is 971. The van der Waals surface area contributed by atoms with E-state index in [0.717, 1.165) is 41.5 Å². The third kappa shape index (κ3) is 3.08. The molecule has 4 rings (SSSR count). The Morgan fingerprint density at radius 2 is 2.00 bits per heavy atom. The molecule has 7 nitrogen and oxygen atoms in total. The molecular weight excluding hydrogens is 314 g/mol. The first-order chi connectivity index (χ1) is 12.3. The number of fused-ring (bicyclic) bond motifs is 1. The zero-order chi connectivity index (χ0) is 17.1. The molecule has 0 unspecified atom stereocenters. The number of aromatic nitrogens is 6. The molecule has 0 saturated heterocycles. The second kappa shape index (κ2) is 6.72. The van der Waals surface area contributed by atoms with E-state index in [-0.39, 0.29) is 0 Å². The SMILES string of the molecule is CCCn1cnnc1CNc1cc(-c2ccccc2)nc2ccnn12. The molecule has 0 radical (unpaired) electrons. The summed E-state index contributed by atoms with van der Waals surface area (Å²) in [6.07, 6.45) is 4.57. The van der Waals surface area contributed by atoms with E-state index in [1.807, 2.05) is 30.3 Å². The van der Waals surface area contributed by atoms with Crippen molar-refractivity contribution < 1.29 is 0 Å². The Morgan fingerprint density at radius 3 is 2.84 bits per heavy atom. The highest BCUT2D eigenvalue weighted by atomic mass is 15.3. The molecule has 0 aliphatic rings.